The van der Waals surface area contributed by atoms with Crippen LogP contribution in [0.5, 0.6) is 0 Å². The van der Waals surface area contributed by atoms with Gasteiger partial charge >= 0.3 is 6.09 Å². The molecule has 0 aliphatic carbocycles. The highest BCUT2D eigenvalue weighted by atomic mass is 16.6. The number of likely N-dealkylation sites (tertiary alicyclic amines) is 1. The maximum atomic E-state index is 11.8. The van der Waals surface area contributed by atoms with E-state index in [4.69, 9.17) is 4.74 Å². The number of aliphatic hydroxyl groups is 1. The van der Waals surface area contributed by atoms with Gasteiger partial charge in [-0.2, -0.15) is 0 Å². The summed E-state index contributed by atoms with van der Waals surface area (Å²) >= 11 is 0. The van der Waals surface area contributed by atoms with Crippen molar-refractivity contribution >= 4 is 6.09 Å². The van der Waals surface area contributed by atoms with Crippen molar-refractivity contribution in [2.45, 2.75) is 32.1 Å². The molecule has 2 rings (SSSR count). The van der Waals surface area contributed by atoms with Crippen LogP contribution < -0.4 is 0 Å². The predicted molar refractivity (Wildman–Crippen MR) is 63.4 cm³/mol. The summed E-state index contributed by atoms with van der Waals surface area (Å²) in [6, 6.07) is 9.41. The lowest BCUT2D eigenvalue weighted by atomic mass is 10.2. The van der Waals surface area contributed by atoms with Gasteiger partial charge in [-0.1, -0.05) is 30.3 Å². The van der Waals surface area contributed by atoms with Gasteiger partial charge in [0.05, 0.1) is 12.1 Å². The van der Waals surface area contributed by atoms with Gasteiger partial charge in [-0.15, -0.1) is 0 Å². The van der Waals surface area contributed by atoms with Crippen molar-refractivity contribution in [3.05, 3.63) is 35.9 Å². The molecule has 17 heavy (non-hydrogen) atoms. The third kappa shape index (κ3) is 2.77. The summed E-state index contributed by atoms with van der Waals surface area (Å²) in [7, 11) is 0. The predicted octanol–water partition coefficient (Wildman–Crippen LogP) is 1.78. The van der Waals surface area contributed by atoms with Crippen molar-refractivity contribution in [1.82, 2.24) is 4.90 Å². The summed E-state index contributed by atoms with van der Waals surface area (Å²) in [5.41, 5.74) is 0.966. The van der Waals surface area contributed by atoms with Crippen LogP contribution in [0.25, 0.3) is 0 Å². The van der Waals surface area contributed by atoms with Crippen molar-refractivity contribution in [3.8, 4) is 0 Å². The molecule has 4 heteroatoms. The number of carbonyl (C=O) groups excluding carboxylic acids is 1. The Bertz CT molecular complexity index is 380. The normalized spacial score (nSPS) is 23.8. The number of ether oxygens (including phenoxy) is 1. The Morgan fingerprint density at radius 1 is 1.47 bits per heavy atom. The average Bonchev–Trinajstić information content (AvgIpc) is 2.69. The maximum absolute atomic E-state index is 11.8. The van der Waals surface area contributed by atoms with Crippen LogP contribution in [0.4, 0.5) is 4.79 Å². The first-order valence-corrected chi connectivity index (χ1v) is 5.84. The smallest absolute Gasteiger partial charge is 0.410 e. The highest BCUT2D eigenvalue weighted by molar-refractivity contribution is 5.68. The number of nitrogens with zero attached hydrogens (tertiary/aromatic N) is 1. The zero-order valence-electron chi connectivity index (χ0n) is 9.87. The van der Waals surface area contributed by atoms with E-state index in [1.54, 1.807) is 4.90 Å². The average molecular weight is 235 g/mol. The van der Waals surface area contributed by atoms with Gasteiger partial charge in [-0.25, -0.2) is 4.79 Å². The Morgan fingerprint density at radius 3 is 2.76 bits per heavy atom. The van der Waals surface area contributed by atoms with Gasteiger partial charge in [0.25, 0.3) is 0 Å². The minimum absolute atomic E-state index is 0.154. The third-order valence-corrected chi connectivity index (χ3v) is 3.15. The van der Waals surface area contributed by atoms with E-state index in [1.807, 2.05) is 37.3 Å². The lowest BCUT2D eigenvalue weighted by molar-refractivity contribution is 0.0768. The standard InChI is InChI=1S/C13H17NO3/c1-10-12(15)7-8-14(10)13(16)17-9-11-5-3-2-4-6-11/h2-6,10,12,15H,7-9H2,1H3/t10-,12?/m1/s1. The largest absolute Gasteiger partial charge is 0.445 e. The molecule has 1 fully saturated rings. The second-order valence-electron chi connectivity index (χ2n) is 4.33. The summed E-state index contributed by atoms with van der Waals surface area (Å²) < 4.78 is 5.21. The first-order chi connectivity index (χ1) is 8.18. The Morgan fingerprint density at radius 2 is 2.18 bits per heavy atom. The van der Waals surface area contributed by atoms with E-state index < -0.39 is 6.10 Å². The maximum Gasteiger partial charge on any atom is 0.410 e. The van der Waals surface area contributed by atoms with Crippen molar-refractivity contribution in [1.29, 1.82) is 0 Å². The summed E-state index contributed by atoms with van der Waals surface area (Å²) in [6.07, 6.45) is -0.154. The fraction of sp³-hybridized carbons (Fsp3) is 0.462. The highest BCUT2D eigenvalue weighted by Crippen LogP contribution is 2.18. The van der Waals surface area contributed by atoms with Crippen LogP contribution in [0.2, 0.25) is 0 Å². The van der Waals surface area contributed by atoms with E-state index in [0.717, 1.165) is 5.56 Å². The first kappa shape index (κ1) is 11.9. The number of aliphatic hydroxyl groups excluding tert-OH is 1. The minimum atomic E-state index is -0.431. The molecular formula is C13H17NO3. The molecule has 1 aliphatic heterocycles. The van der Waals surface area contributed by atoms with Crippen LogP contribution >= 0.6 is 0 Å². The summed E-state index contributed by atoms with van der Waals surface area (Å²) in [5.74, 6) is 0. The Balaban J connectivity index is 1.86. The summed E-state index contributed by atoms with van der Waals surface area (Å²) in [5, 5.41) is 9.55. The second kappa shape index (κ2) is 5.19. The molecule has 1 aromatic rings. The number of hydrogen-bond acceptors (Lipinski definition) is 3. The molecule has 0 aromatic heterocycles. The molecule has 4 nitrogen and oxygen atoms in total. The number of carbonyl (C=O) groups is 1. The number of benzene rings is 1. The Hall–Kier alpha value is -1.55. The molecule has 1 aliphatic rings. The van der Waals surface area contributed by atoms with Crippen LogP contribution in [-0.2, 0) is 11.3 Å². The van der Waals surface area contributed by atoms with Gasteiger partial charge in [0, 0.05) is 6.54 Å². The first-order valence-electron chi connectivity index (χ1n) is 5.84. The molecule has 2 atom stereocenters. The molecule has 1 heterocycles. The number of hydrogen-bond donors (Lipinski definition) is 1. The monoisotopic (exact) mass is 235 g/mol. The lowest BCUT2D eigenvalue weighted by Gasteiger charge is -2.21. The van der Waals surface area contributed by atoms with Crippen LogP contribution in [-0.4, -0.2) is 34.8 Å². The van der Waals surface area contributed by atoms with E-state index >= 15 is 0 Å². The molecule has 1 saturated heterocycles. The molecule has 1 unspecified atom stereocenters. The molecule has 92 valence electrons. The molecule has 0 saturated carbocycles. The van der Waals surface area contributed by atoms with Crippen LogP contribution in [0.15, 0.2) is 30.3 Å². The molecule has 0 bridgehead atoms. The van der Waals surface area contributed by atoms with E-state index in [-0.39, 0.29) is 18.7 Å². The van der Waals surface area contributed by atoms with E-state index in [0.29, 0.717) is 13.0 Å². The second-order valence-corrected chi connectivity index (χ2v) is 4.33. The van der Waals surface area contributed by atoms with Gasteiger partial charge in [0.2, 0.25) is 0 Å². The molecule has 1 N–H and O–H groups in total. The zero-order valence-corrected chi connectivity index (χ0v) is 9.87. The van der Waals surface area contributed by atoms with Crippen LogP contribution in [0.3, 0.4) is 0 Å². The zero-order chi connectivity index (χ0) is 12.3. The van der Waals surface area contributed by atoms with Crippen molar-refractivity contribution < 1.29 is 14.6 Å². The minimum Gasteiger partial charge on any atom is -0.445 e. The van der Waals surface area contributed by atoms with Gasteiger partial charge in [-0.3, -0.25) is 0 Å². The fourth-order valence-corrected chi connectivity index (χ4v) is 1.98. The Kier molecular flexibility index (Phi) is 3.64. The molecule has 0 radical (unpaired) electrons. The number of amides is 1. The topological polar surface area (TPSA) is 49.8 Å². The van der Waals surface area contributed by atoms with Crippen molar-refractivity contribution in [3.63, 3.8) is 0 Å². The fourth-order valence-electron chi connectivity index (χ4n) is 1.98. The Labute approximate surface area is 101 Å². The van der Waals surface area contributed by atoms with Gasteiger partial charge in [-0.05, 0) is 18.9 Å². The van der Waals surface area contributed by atoms with E-state index in [2.05, 4.69) is 0 Å². The molecular weight excluding hydrogens is 218 g/mol. The van der Waals surface area contributed by atoms with Crippen LogP contribution in [0, 0.1) is 0 Å². The lowest BCUT2D eigenvalue weighted by Crippen LogP contribution is -2.37. The quantitative estimate of drug-likeness (QED) is 0.850. The highest BCUT2D eigenvalue weighted by Gasteiger charge is 2.33. The van der Waals surface area contributed by atoms with Crippen LogP contribution in [0.1, 0.15) is 18.9 Å². The van der Waals surface area contributed by atoms with E-state index in [1.165, 1.54) is 0 Å². The van der Waals surface area contributed by atoms with Crippen molar-refractivity contribution in [2.75, 3.05) is 6.54 Å². The molecule has 1 aromatic carbocycles. The van der Waals surface area contributed by atoms with Gasteiger partial charge in [0.1, 0.15) is 6.61 Å². The SMILES string of the molecule is C[C@@H]1C(O)CCN1C(=O)OCc1ccccc1. The number of rotatable bonds is 2. The summed E-state index contributed by atoms with van der Waals surface area (Å²) in [6.45, 7) is 2.68. The molecule has 0 spiro atoms. The van der Waals surface area contributed by atoms with Gasteiger partial charge < -0.3 is 14.7 Å². The molecule has 1 amide bonds. The summed E-state index contributed by atoms with van der Waals surface area (Å²) in [4.78, 5) is 13.3. The van der Waals surface area contributed by atoms with Crippen molar-refractivity contribution in [2.24, 2.45) is 0 Å². The van der Waals surface area contributed by atoms with E-state index in [9.17, 15) is 9.90 Å². The van der Waals surface area contributed by atoms with Gasteiger partial charge in [0.15, 0.2) is 0 Å². The third-order valence-electron chi connectivity index (χ3n) is 3.15.